The van der Waals surface area contributed by atoms with E-state index >= 15 is 0 Å². The number of rotatable bonds is 6. The fourth-order valence-corrected chi connectivity index (χ4v) is 3.05. The molecule has 4 rings (SSSR count). The van der Waals surface area contributed by atoms with Gasteiger partial charge in [-0.15, -0.1) is 0 Å². The number of nitrogens with zero attached hydrogens (tertiary/aromatic N) is 3. The van der Waals surface area contributed by atoms with Crippen LogP contribution in [0.5, 0.6) is 11.5 Å². The van der Waals surface area contributed by atoms with Crippen molar-refractivity contribution < 1.29 is 18.4 Å². The zero-order valence-electron chi connectivity index (χ0n) is 16.3. The number of hydrogen-bond donors (Lipinski definition) is 0. The third kappa shape index (κ3) is 3.93. The van der Waals surface area contributed by atoms with Gasteiger partial charge in [0.25, 0.3) is 11.4 Å². The monoisotopic (exact) mass is 407 g/mol. The van der Waals surface area contributed by atoms with E-state index in [0.29, 0.717) is 34.0 Å². The van der Waals surface area contributed by atoms with Crippen LogP contribution in [-0.4, -0.2) is 28.9 Å². The van der Waals surface area contributed by atoms with Gasteiger partial charge >= 0.3 is 0 Å². The summed E-state index contributed by atoms with van der Waals surface area (Å²) in [6.45, 7) is 0.223. The fourth-order valence-electron chi connectivity index (χ4n) is 3.05. The zero-order chi connectivity index (χ0) is 21.1. The van der Waals surface area contributed by atoms with Gasteiger partial charge in [-0.2, -0.15) is 4.98 Å². The quantitative estimate of drug-likeness (QED) is 0.484. The molecule has 0 fully saturated rings. The maximum absolute atomic E-state index is 13.4. The molecule has 2 aromatic carbocycles. The molecule has 0 atom stereocenters. The van der Waals surface area contributed by atoms with Gasteiger partial charge in [0.1, 0.15) is 5.82 Å². The minimum Gasteiger partial charge on any atom is -0.493 e. The molecule has 7 nitrogen and oxygen atoms in total. The summed E-state index contributed by atoms with van der Waals surface area (Å²) in [7, 11) is 3.11. The summed E-state index contributed by atoms with van der Waals surface area (Å²) in [5.41, 5.74) is 1.72. The van der Waals surface area contributed by atoms with Gasteiger partial charge in [-0.25, -0.2) is 4.39 Å². The van der Waals surface area contributed by atoms with Gasteiger partial charge in [-0.05, 0) is 42.0 Å². The van der Waals surface area contributed by atoms with E-state index in [1.165, 1.54) is 22.8 Å². The Labute approximate surface area is 171 Å². The number of methoxy groups -OCH3 is 2. The van der Waals surface area contributed by atoms with E-state index in [4.69, 9.17) is 14.0 Å². The Morgan fingerprint density at radius 2 is 1.80 bits per heavy atom. The molecule has 0 spiro atoms. The lowest BCUT2D eigenvalue weighted by Gasteiger charge is -2.07. The van der Waals surface area contributed by atoms with E-state index in [0.717, 1.165) is 0 Å². The minimum atomic E-state index is -0.354. The molecule has 2 aromatic heterocycles. The van der Waals surface area contributed by atoms with Crippen molar-refractivity contribution in [1.29, 1.82) is 0 Å². The van der Waals surface area contributed by atoms with Crippen molar-refractivity contribution in [3.63, 3.8) is 0 Å². The predicted octanol–water partition coefficient (Wildman–Crippen LogP) is 3.77. The number of benzene rings is 2. The van der Waals surface area contributed by atoms with Crippen LogP contribution < -0.4 is 15.0 Å². The Hall–Kier alpha value is -3.94. The van der Waals surface area contributed by atoms with E-state index in [1.54, 1.807) is 56.8 Å². The summed E-state index contributed by atoms with van der Waals surface area (Å²) < 4.78 is 30.8. The third-order valence-corrected chi connectivity index (χ3v) is 4.54. The summed E-state index contributed by atoms with van der Waals surface area (Å²) in [4.78, 5) is 16.7. The summed E-state index contributed by atoms with van der Waals surface area (Å²) in [6.07, 6.45) is 1.61. The molecule has 152 valence electrons. The second kappa shape index (κ2) is 8.20. The maximum Gasteiger partial charge on any atom is 0.259 e. The first-order valence-corrected chi connectivity index (χ1v) is 9.09. The second-order valence-corrected chi connectivity index (χ2v) is 6.51. The largest absolute Gasteiger partial charge is 0.493 e. The summed E-state index contributed by atoms with van der Waals surface area (Å²) in [5.74, 6) is 1.41. The Morgan fingerprint density at radius 3 is 2.57 bits per heavy atom. The van der Waals surface area contributed by atoms with Crippen LogP contribution in [0, 0.1) is 5.82 Å². The highest BCUT2D eigenvalue weighted by Gasteiger charge is 2.14. The Morgan fingerprint density at radius 1 is 1.00 bits per heavy atom. The summed E-state index contributed by atoms with van der Waals surface area (Å²) in [5, 5.41) is 4.02. The van der Waals surface area contributed by atoms with Crippen molar-refractivity contribution in [3.8, 4) is 34.3 Å². The molecule has 0 radical (unpaired) electrons. The molecular weight excluding hydrogens is 389 g/mol. The number of pyridine rings is 1. The van der Waals surface area contributed by atoms with Crippen LogP contribution in [-0.2, 0) is 6.54 Å². The van der Waals surface area contributed by atoms with Crippen molar-refractivity contribution >= 4 is 0 Å². The molecule has 4 aromatic rings. The molecule has 0 amide bonds. The fraction of sp³-hybridized carbons (Fsp3) is 0.136. The molecule has 0 saturated carbocycles. The van der Waals surface area contributed by atoms with Crippen LogP contribution in [0.3, 0.4) is 0 Å². The van der Waals surface area contributed by atoms with Gasteiger partial charge in [0.05, 0.1) is 26.3 Å². The van der Waals surface area contributed by atoms with Gasteiger partial charge in [0.2, 0.25) is 5.82 Å². The van der Waals surface area contributed by atoms with Crippen molar-refractivity contribution in [3.05, 3.63) is 82.5 Å². The average molecular weight is 407 g/mol. The Balaban J connectivity index is 1.64. The number of halogens is 1. The van der Waals surface area contributed by atoms with Crippen LogP contribution in [0.15, 0.2) is 70.1 Å². The number of ether oxygens (including phenoxy) is 2. The molecule has 0 bridgehead atoms. The van der Waals surface area contributed by atoms with E-state index in [2.05, 4.69) is 10.1 Å². The van der Waals surface area contributed by atoms with Crippen molar-refractivity contribution in [2.24, 2.45) is 0 Å². The van der Waals surface area contributed by atoms with E-state index in [9.17, 15) is 9.18 Å². The predicted molar refractivity (Wildman–Crippen MR) is 108 cm³/mol. The highest BCUT2D eigenvalue weighted by molar-refractivity contribution is 5.63. The van der Waals surface area contributed by atoms with Crippen LogP contribution in [0.25, 0.3) is 22.8 Å². The van der Waals surface area contributed by atoms with Crippen LogP contribution >= 0.6 is 0 Å². The minimum absolute atomic E-state index is 0.220. The van der Waals surface area contributed by atoms with Gasteiger partial charge in [0.15, 0.2) is 11.5 Å². The molecule has 0 unspecified atom stereocenters. The van der Waals surface area contributed by atoms with Gasteiger partial charge in [-0.3, -0.25) is 4.79 Å². The van der Waals surface area contributed by atoms with Crippen LogP contribution in [0.4, 0.5) is 4.39 Å². The number of aromatic nitrogens is 3. The topological polar surface area (TPSA) is 79.4 Å². The van der Waals surface area contributed by atoms with Gasteiger partial charge < -0.3 is 18.6 Å². The van der Waals surface area contributed by atoms with Crippen molar-refractivity contribution in [2.75, 3.05) is 14.2 Å². The second-order valence-electron chi connectivity index (χ2n) is 6.51. The summed E-state index contributed by atoms with van der Waals surface area (Å²) in [6, 6.07) is 14.4. The standard InChI is InChI=1S/C22H18FN3O4/c1-28-18-8-6-15(11-19(18)29-2)21-24-22(30-25-21)16-7-9-20(27)26(13-16)12-14-4-3-5-17(23)10-14/h3-11,13H,12H2,1-2H3. The molecule has 2 heterocycles. The first-order valence-electron chi connectivity index (χ1n) is 9.09. The molecular formula is C22H18FN3O4. The SMILES string of the molecule is COc1ccc(-c2noc(-c3ccc(=O)n(Cc4cccc(F)c4)c3)n2)cc1OC. The molecule has 8 heteroatoms. The molecule has 0 saturated heterocycles. The maximum atomic E-state index is 13.4. The molecule has 0 N–H and O–H groups in total. The molecule has 0 aliphatic carbocycles. The van der Waals surface area contributed by atoms with Crippen LogP contribution in [0.1, 0.15) is 5.56 Å². The Bertz CT molecular complexity index is 1250. The van der Waals surface area contributed by atoms with E-state index in [-0.39, 0.29) is 23.8 Å². The lowest BCUT2D eigenvalue weighted by Crippen LogP contribution is -2.19. The van der Waals surface area contributed by atoms with Gasteiger partial charge in [-0.1, -0.05) is 17.3 Å². The van der Waals surface area contributed by atoms with Crippen LogP contribution in [0.2, 0.25) is 0 Å². The third-order valence-electron chi connectivity index (χ3n) is 4.54. The van der Waals surface area contributed by atoms with E-state index in [1.807, 2.05) is 0 Å². The first kappa shape index (κ1) is 19.4. The van der Waals surface area contributed by atoms with Crippen molar-refractivity contribution in [2.45, 2.75) is 6.54 Å². The molecule has 30 heavy (non-hydrogen) atoms. The zero-order valence-corrected chi connectivity index (χ0v) is 16.3. The smallest absolute Gasteiger partial charge is 0.259 e. The van der Waals surface area contributed by atoms with Gasteiger partial charge in [0, 0.05) is 17.8 Å². The highest BCUT2D eigenvalue weighted by atomic mass is 19.1. The number of hydrogen-bond acceptors (Lipinski definition) is 6. The molecule has 0 aliphatic rings. The van der Waals surface area contributed by atoms with E-state index < -0.39 is 0 Å². The van der Waals surface area contributed by atoms with Crippen molar-refractivity contribution in [1.82, 2.24) is 14.7 Å². The first-order chi connectivity index (χ1) is 14.6. The molecule has 0 aliphatic heterocycles. The highest BCUT2D eigenvalue weighted by Crippen LogP contribution is 2.31. The average Bonchev–Trinajstić information content (AvgIpc) is 3.25. The normalized spacial score (nSPS) is 10.8. The summed E-state index contributed by atoms with van der Waals surface area (Å²) >= 11 is 0. The lowest BCUT2D eigenvalue weighted by atomic mass is 10.2. The lowest BCUT2D eigenvalue weighted by molar-refractivity contribution is 0.355. The Kier molecular flexibility index (Phi) is 5.30.